The summed E-state index contributed by atoms with van der Waals surface area (Å²) in [5.74, 6) is 1.25. The average molecular weight is 518 g/mol. The van der Waals surface area contributed by atoms with Gasteiger partial charge < -0.3 is 23.7 Å². The number of likely N-dealkylation sites (tertiary alicyclic amines) is 1. The molecule has 0 unspecified atom stereocenters. The standard InChI is InChI=1S/C13H25NO3Si.C10H17NO3.C2H6.CH4/c1-13(2,3)16-12(15)14-9-7-11(8-10-14)17-18(4,5)6;1-10(2,3)14-9(13)11-6-4-8(12)5-7-11;1-2;/h7H,8-10H2,1-6H3;4-7H2,1-3H3;1-2H3;1H4/i;;1D;. The van der Waals surface area contributed by atoms with Gasteiger partial charge in [-0.25, -0.2) is 9.59 Å². The lowest BCUT2D eigenvalue weighted by Crippen LogP contribution is -2.41. The van der Waals surface area contributed by atoms with Gasteiger partial charge in [0.25, 0.3) is 0 Å². The normalized spacial score (nSPS) is 16.7. The first-order chi connectivity index (χ1) is 15.9. The number of hydrogen-bond donors (Lipinski definition) is 0. The van der Waals surface area contributed by atoms with Gasteiger partial charge in [-0.15, -0.1) is 0 Å². The summed E-state index contributed by atoms with van der Waals surface area (Å²) in [4.78, 5) is 37.6. The van der Waals surface area contributed by atoms with Crippen molar-refractivity contribution in [3.8, 4) is 0 Å². The van der Waals surface area contributed by atoms with Crippen LogP contribution in [0.1, 0.15) is 83.4 Å². The van der Waals surface area contributed by atoms with Crippen LogP contribution in [0.5, 0.6) is 0 Å². The zero-order valence-corrected chi connectivity index (χ0v) is 24.1. The quantitative estimate of drug-likeness (QED) is 0.383. The van der Waals surface area contributed by atoms with Gasteiger partial charge >= 0.3 is 12.2 Å². The molecule has 0 aromatic carbocycles. The van der Waals surface area contributed by atoms with Gasteiger partial charge in [0.15, 0.2) is 0 Å². The minimum atomic E-state index is -1.54. The maximum Gasteiger partial charge on any atom is 0.410 e. The summed E-state index contributed by atoms with van der Waals surface area (Å²) >= 11 is 0. The summed E-state index contributed by atoms with van der Waals surface area (Å²) in [5, 5.41) is 0. The van der Waals surface area contributed by atoms with E-state index in [0.717, 1.165) is 12.2 Å². The van der Waals surface area contributed by atoms with Crippen LogP contribution in [0.3, 0.4) is 0 Å². The Hall–Kier alpha value is -2.03. The van der Waals surface area contributed by atoms with Gasteiger partial charge in [0.05, 0.1) is 5.76 Å². The first kappa shape index (κ1) is 33.0. The van der Waals surface area contributed by atoms with Crippen LogP contribution in [0.15, 0.2) is 11.8 Å². The minimum absolute atomic E-state index is 0. The lowest BCUT2D eigenvalue weighted by molar-refractivity contribution is -0.121. The molecule has 0 spiro atoms. The number of carbonyl (C=O) groups is 3. The van der Waals surface area contributed by atoms with E-state index in [0.29, 0.717) is 45.9 Å². The molecule has 0 aromatic rings. The molecule has 9 heteroatoms. The summed E-state index contributed by atoms with van der Waals surface area (Å²) < 4.78 is 22.7. The fourth-order valence-corrected chi connectivity index (χ4v) is 3.87. The number of ether oxygens (including phenoxy) is 2. The molecular formula is C26H52N2O6Si. The third-order valence-corrected chi connectivity index (χ3v) is 5.10. The first-order valence-electron chi connectivity index (χ1n) is 12.7. The molecule has 0 radical (unpaired) electrons. The van der Waals surface area contributed by atoms with E-state index >= 15 is 0 Å². The van der Waals surface area contributed by atoms with Crippen LogP contribution in [0.25, 0.3) is 0 Å². The van der Waals surface area contributed by atoms with E-state index in [2.05, 4.69) is 19.6 Å². The Labute approximate surface area is 216 Å². The van der Waals surface area contributed by atoms with Crippen molar-refractivity contribution in [2.75, 3.05) is 26.2 Å². The number of amides is 2. The van der Waals surface area contributed by atoms with Gasteiger partial charge in [0.1, 0.15) is 17.0 Å². The highest BCUT2D eigenvalue weighted by atomic mass is 28.4. The van der Waals surface area contributed by atoms with Crippen LogP contribution >= 0.6 is 0 Å². The van der Waals surface area contributed by atoms with Crippen LogP contribution < -0.4 is 0 Å². The molecule has 0 N–H and O–H groups in total. The molecule has 2 aliphatic rings. The van der Waals surface area contributed by atoms with Crippen LogP contribution in [-0.2, 0) is 18.7 Å². The van der Waals surface area contributed by atoms with Crippen LogP contribution in [0, 0.1) is 0 Å². The molecule has 35 heavy (non-hydrogen) atoms. The molecule has 0 atom stereocenters. The van der Waals surface area contributed by atoms with E-state index in [9.17, 15) is 14.4 Å². The average Bonchev–Trinajstić information content (AvgIpc) is 2.66. The monoisotopic (exact) mass is 517 g/mol. The summed E-state index contributed by atoms with van der Waals surface area (Å²) in [6.07, 6.45) is 3.13. The molecule has 1 saturated heterocycles. The molecular weight excluding hydrogens is 464 g/mol. The highest BCUT2D eigenvalue weighted by Gasteiger charge is 2.26. The number of hydrogen-bond acceptors (Lipinski definition) is 6. The van der Waals surface area contributed by atoms with Gasteiger partial charge in [-0.3, -0.25) is 4.79 Å². The van der Waals surface area contributed by atoms with Crippen molar-refractivity contribution in [3.63, 3.8) is 0 Å². The van der Waals surface area contributed by atoms with Crippen molar-refractivity contribution >= 4 is 26.3 Å². The lowest BCUT2D eigenvalue weighted by atomic mass is 10.1. The Bertz CT molecular complexity index is 713. The van der Waals surface area contributed by atoms with Gasteiger partial charge in [0, 0.05) is 46.8 Å². The van der Waals surface area contributed by atoms with Crippen molar-refractivity contribution in [2.24, 2.45) is 0 Å². The molecule has 8 nitrogen and oxygen atoms in total. The van der Waals surface area contributed by atoms with E-state index in [4.69, 9.17) is 15.3 Å². The molecule has 2 aliphatic heterocycles. The first-order valence-corrected chi connectivity index (χ1v) is 15.4. The van der Waals surface area contributed by atoms with Crippen molar-refractivity contribution in [2.45, 2.75) is 113 Å². The molecule has 0 aliphatic carbocycles. The summed E-state index contributed by atoms with van der Waals surface area (Å²) in [6.45, 7) is 22.1. The molecule has 1 fully saturated rings. The van der Waals surface area contributed by atoms with E-state index in [-0.39, 0.29) is 25.4 Å². The van der Waals surface area contributed by atoms with Crippen LogP contribution in [-0.4, -0.2) is 73.5 Å². The second-order valence-corrected chi connectivity index (χ2v) is 15.5. The van der Waals surface area contributed by atoms with E-state index < -0.39 is 19.5 Å². The lowest BCUT2D eigenvalue weighted by Gasteiger charge is -2.31. The fourth-order valence-electron chi connectivity index (χ4n) is 2.89. The number of nitrogens with zero attached hydrogens (tertiary/aromatic N) is 2. The molecule has 0 aromatic heterocycles. The molecule has 2 rings (SSSR count). The number of ketones is 1. The Kier molecular flexibility index (Phi) is 14.3. The van der Waals surface area contributed by atoms with Crippen molar-refractivity contribution < 1.29 is 29.7 Å². The number of piperidine rings is 1. The van der Waals surface area contributed by atoms with Crippen LogP contribution in [0.4, 0.5) is 9.59 Å². The third kappa shape index (κ3) is 17.1. The van der Waals surface area contributed by atoms with Crippen molar-refractivity contribution in [1.29, 1.82) is 0 Å². The largest absolute Gasteiger partial charge is 0.547 e. The SMILES string of the molecule is C.CC(C)(C)OC(=O)N1CC=C(O[Si](C)(C)C)CC1.CC(C)(C)OC(=O)N1CCC(=O)CC1.[2H]CC. The van der Waals surface area contributed by atoms with Crippen LogP contribution in [0.2, 0.25) is 19.6 Å². The summed E-state index contributed by atoms with van der Waals surface area (Å²) in [7, 11) is -1.54. The number of rotatable bonds is 2. The van der Waals surface area contributed by atoms with Gasteiger partial charge in [-0.1, -0.05) is 21.3 Å². The number of carbonyl (C=O) groups excluding carboxylic acids is 3. The molecule has 0 bridgehead atoms. The zero-order chi connectivity index (χ0) is 27.4. The predicted molar refractivity (Wildman–Crippen MR) is 145 cm³/mol. The highest BCUT2D eigenvalue weighted by Crippen LogP contribution is 2.19. The Balaban J connectivity index is 0. The second kappa shape index (κ2) is 15.2. The zero-order valence-electron chi connectivity index (χ0n) is 24.1. The van der Waals surface area contributed by atoms with Crippen molar-refractivity contribution in [3.05, 3.63) is 11.8 Å². The van der Waals surface area contributed by atoms with Gasteiger partial charge in [-0.05, 0) is 67.3 Å². The molecule has 0 saturated carbocycles. The molecule has 206 valence electrons. The maximum absolute atomic E-state index is 11.8. The van der Waals surface area contributed by atoms with Gasteiger partial charge in [0.2, 0.25) is 8.32 Å². The van der Waals surface area contributed by atoms with E-state index in [1.807, 2.05) is 47.6 Å². The maximum atomic E-state index is 11.8. The van der Waals surface area contributed by atoms with E-state index in [1.54, 1.807) is 16.7 Å². The Morgan fingerprint density at radius 3 is 1.63 bits per heavy atom. The Morgan fingerprint density at radius 2 is 1.29 bits per heavy atom. The smallest absolute Gasteiger partial charge is 0.410 e. The third-order valence-electron chi connectivity index (χ3n) is 4.23. The predicted octanol–water partition coefficient (Wildman–Crippen LogP) is 6.61. The van der Waals surface area contributed by atoms with Crippen molar-refractivity contribution in [1.82, 2.24) is 9.80 Å². The topological polar surface area (TPSA) is 85.4 Å². The molecule has 2 amide bonds. The second-order valence-electron chi connectivity index (χ2n) is 11.1. The van der Waals surface area contributed by atoms with Gasteiger partial charge in [-0.2, -0.15) is 0 Å². The number of Topliss-reactive ketones (excluding diaryl/α,β-unsaturated/α-hetero) is 1. The summed E-state index contributed by atoms with van der Waals surface area (Å²) in [6, 6.07) is 0. The Morgan fingerprint density at radius 1 is 0.886 bits per heavy atom. The molecule has 2 heterocycles. The highest BCUT2D eigenvalue weighted by molar-refractivity contribution is 6.70. The van der Waals surface area contributed by atoms with E-state index in [1.165, 1.54) is 0 Å². The summed E-state index contributed by atoms with van der Waals surface area (Å²) in [5.41, 5.74) is -0.894. The minimum Gasteiger partial charge on any atom is -0.547 e. The fraction of sp³-hybridized carbons (Fsp3) is 0.808.